The molecule has 1 aliphatic carbocycles. The second-order valence-corrected chi connectivity index (χ2v) is 9.70. The Morgan fingerprint density at radius 1 is 1.04 bits per heavy atom. The fourth-order valence-electron chi connectivity index (χ4n) is 3.67. The van der Waals surface area contributed by atoms with Crippen molar-refractivity contribution in [1.29, 1.82) is 0 Å². The van der Waals surface area contributed by atoms with Gasteiger partial charge in [0.1, 0.15) is 0 Å². The van der Waals surface area contributed by atoms with Crippen molar-refractivity contribution in [2.24, 2.45) is 0 Å². The van der Waals surface area contributed by atoms with E-state index >= 15 is 0 Å². The van der Waals surface area contributed by atoms with Crippen LogP contribution in [0.2, 0.25) is 5.02 Å². The van der Waals surface area contributed by atoms with Crippen LogP contribution in [0.3, 0.4) is 0 Å². The molecular weight excluding hydrogens is 360 g/mol. The predicted octanol–water partition coefficient (Wildman–Crippen LogP) is 2.74. The molecule has 25 heavy (non-hydrogen) atoms. The maximum Gasteiger partial charge on any atom is 0.223 e. The van der Waals surface area contributed by atoms with E-state index in [1.165, 1.54) is 0 Å². The molecule has 0 aromatic heterocycles. The Morgan fingerprint density at radius 2 is 1.64 bits per heavy atom. The van der Waals surface area contributed by atoms with Crippen molar-refractivity contribution >= 4 is 33.0 Å². The summed E-state index contributed by atoms with van der Waals surface area (Å²) in [7, 11) is -3.12. The third kappa shape index (κ3) is 4.67. The summed E-state index contributed by atoms with van der Waals surface area (Å²) in [5, 5.41) is 0.489. The standard InChI is InChI=1S/C18H25ClN2O3S/c19-15-5-7-16(8-6-15)20-10-12-21(13-11-20)18(22)9-14-25(23,24)17-3-1-2-4-17/h5-8,17H,1-4,9-14H2. The number of hydrogen-bond acceptors (Lipinski definition) is 4. The minimum absolute atomic E-state index is 0.00605. The highest BCUT2D eigenvalue weighted by atomic mass is 35.5. The van der Waals surface area contributed by atoms with Crippen LogP contribution >= 0.6 is 11.6 Å². The lowest BCUT2D eigenvalue weighted by molar-refractivity contribution is -0.131. The van der Waals surface area contributed by atoms with Gasteiger partial charge in [-0.15, -0.1) is 0 Å². The number of hydrogen-bond donors (Lipinski definition) is 0. The Bertz CT molecular complexity index is 692. The highest BCUT2D eigenvalue weighted by molar-refractivity contribution is 7.92. The fourth-order valence-corrected chi connectivity index (χ4v) is 5.64. The Morgan fingerprint density at radius 3 is 2.24 bits per heavy atom. The molecule has 1 saturated heterocycles. The number of carbonyl (C=O) groups is 1. The Hall–Kier alpha value is -1.27. The highest BCUT2D eigenvalue weighted by Gasteiger charge is 2.30. The number of benzene rings is 1. The van der Waals surface area contributed by atoms with Crippen LogP contribution in [0, 0.1) is 0 Å². The minimum Gasteiger partial charge on any atom is -0.368 e. The van der Waals surface area contributed by atoms with Crippen LogP contribution in [0.15, 0.2) is 24.3 Å². The van der Waals surface area contributed by atoms with Crippen LogP contribution < -0.4 is 4.90 Å². The molecule has 5 nitrogen and oxygen atoms in total. The molecule has 2 fully saturated rings. The van der Waals surface area contributed by atoms with Crippen LogP contribution in [-0.2, 0) is 14.6 Å². The van der Waals surface area contributed by atoms with E-state index in [0.717, 1.165) is 44.5 Å². The monoisotopic (exact) mass is 384 g/mol. The average Bonchev–Trinajstić information content (AvgIpc) is 3.16. The largest absolute Gasteiger partial charge is 0.368 e. The molecule has 7 heteroatoms. The van der Waals surface area contributed by atoms with Gasteiger partial charge in [-0.05, 0) is 37.1 Å². The van der Waals surface area contributed by atoms with Gasteiger partial charge in [0.2, 0.25) is 5.91 Å². The number of carbonyl (C=O) groups excluding carboxylic acids is 1. The molecule has 1 aliphatic heterocycles. The summed E-state index contributed by atoms with van der Waals surface area (Å²) in [6.07, 6.45) is 3.61. The smallest absolute Gasteiger partial charge is 0.223 e. The number of piperazine rings is 1. The maximum absolute atomic E-state index is 12.4. The van der Waals surface area contributed by atoms with E-state index < -0.39 is 9.84 Å². The van der Waals surface area contributed by atoms with Crippen LogP contribution in [0.5, 0.6) is 0 Å². The van der Waals surface area contributed by atoms with Crippen molar-refractivity contribution in [2.45, 2.75) is 37.4 Å². The van der Waals surface area contributed by atoms with E-state index in [1.807, 2.05) is 24.3 Å². The van der Waals surface area contributed by atoms with Crippen molar-refractivity contribution in [2.75, 3.05) is 36.8 Å². The summed E-state index contributed by atoms with van der Waals surface area (Å²) < 4.78 is 24.6. The molecule has 1 amide bonds. The van der Waals surface area contributed by atoms with Crippen molar-refractivity contribution in [3.05, 3.63) is 29.3 Å². The van der Waals surface area contributed by atoms with Crippen molar-refractivity contribution in [3.63, 3.8) is 0 Å². The van der Waals surface area contributed by atoms with Gasteiger partial charge >= 0.3 is 0 Å². The third-order valence-corrected chi connectivity index (χ3v) is 7.75. The van der Waals surface area contributed by atoms with Gasteiger partial charge in [0.15, 0.2) is 9.84 Å². The molecule has 1 saturated carbocycles. The Kier molecular flexibility index (Phi) is 5.89. The first-order valence-electron chi connectivity index (χ1n) is 8.95. The van der Waals surface area contributed by atoms with Gasteiger partial charge in [0.05, 0.1) is 11.0 Å². The van der Waals surface area contributed by atoms with Crippen LogP contribution in [0.1, 0.15) is 32.1 Å². The molecule has 2 aliphatic rings. The molecule has 0 bridgehead atoms. The molecule has 0 spiro atoms. The Balaban J connectivity index is 1.47. The van der Waals surface area contributed by atoms with Gasteiger partial charge in [-0.25, -0.2) is 8.42 Å². The minimum atomic E-state index is -3.12. The molecular formula is C18H25ClN2O3S. The number of anilines is 1. The lowest BCUT2D eigenvalue weighted by atomic mass is 10.2. The van der Waals surface area contributed by atoms with E-state index in [9.17, 15) is 13.2 Å². The van der Waals surface area contributed by atoms with Gasteiger partial charge in [-0.1, -0.05) is 24.4 Å². The van der Waals surface area contributed by atoms with Crippen molar-refractivity contribution < 1.29 is 13.2 Å². The van der Waals surface area contributed by atoms with E-state index in [2.05, 4.69) is 4.90 Å². The Labute approximate surface area is 154 Å². The maximum atomic E-state index is 12.4. The zero-order chi connectivity index (χ0) is 17.9. The molecule has 0 unspecified atom stereocenters. The topological polar surface area (TPSA) is 57.7 Å². The van der Waals surface area contributed by atoms with Gasteiger partial charge in [0.25, 0.3) is 0 Å². The zero-order valence-electron chi connectivity index (χ0n) is 14.4. The first kappa shape index (κ1) is 18.5. The molecule has 1 aromatic rings. The first-order chi connectivity index (χ1) is 12.0. The predicted molar refractivity (Wildman–Crippen MR) is 101 cm³/mol. The normalized spacial score (nSPS) is 19.4. The summed E-state index contributed by atoms with van der Waals surface area (Å²) in [4.78, 5) is 16.4. The number of halogens is 1. The lowest BCUT2D eigenvalue weighted by Crippen LogP contribution is -2.49. The highest BCUT2D eigenvalue weighted by Crippen LogP contribution is 2.26. The SMILES string of the molecule is O=C(CCS(=O)(=O)C1CCCC1)N1CCN(c2ccc(Cl)cc2)CC1. The second-order valence-electron chi connectivity index (χ2n) is 6.87. The number of amides is 1. The molecule has 3 rings (SSSR count). The number of rotatable bonds is 5. The summed E-state index contributed by atoms with van der Waals surface area (Å²) in [5.41, 5.74) is 1.10. The van der Waals surface area contributed by atoms with Crippen molar-refractivity contribution in [3.8, 4) is 0 Å². The fraction of sp³-hybridized carbons (Fsp3) is 0.611. The summed E-state index contributed by atoms with van der Waals surface area (Å²) in [5.74, 6) is -0.0502. The first-order valence-corrected chi connectivity index (χ1v) is 11.0. The molecule has 1 heterocycles. The van der Waals surface area contributed by atoms with E-state index in [1.54, 1.807) is 4.90 Å². The van der Waals surface area contributed by atoms with E-state index in [0.29, 0.717) is 18.1 Å². The van der Waals surface area contributed by atoms with Gasteiger partial charge in [0, 0.05) is 43.3 Å². The van der Waals surface area contributed by atoms with Crippen LogP contribution in [0.4, 0.5) is 5.69 Å². The van der Waals surface area contributed by atoms with Gasteiger partial charge in [-0.2, -0.15) is 0 Å². The average molecular weight is 385 g/mol. The van der Waals surface area contributed by atoms with E-state index in [-0.39, 0.29) is 23.3 Å². The summed E-state index contributed by atoms with van der Waals surface area (Å²) in [6.45, 7) is 2.77. The summed E-state index contributed by atoms with van der Waals surface area (Å²) >= 11 is 5.91. The van der Waals surface area contributed by atoms with Gasteiger partial charge < -0.3 is 9.80 Å². The van der Waals surface area contributed by atoms with Gasteiger partial charge in [-0.3, -0.25) is 4.79 Å². The second kappa shape index (κ2) is 7.96. The quantitative estimate of drug-likeness (QED) is 0.783. The lowest BCUT2D eigenvalue weighted by Gasteiger charge is -2.36. The third-order valence-electron chi connectivity index (χ3n) is 5.23. The molecule has 138 valence electrons. The molecule has 0 radical (unpaired) electrons. The van der Waals surface area contributed by atoms with Crippen LogP contribution in [-0.4, -0.2) is 56.4 Å². The number of nitrogens with zero attached hydrogens (tertiary/aromatic N) is 2. The van der Waals surface area contributed by atoms with Crippen molar-refractivity contribution in [1.82, 2.24) is 4.90 Å². The molecule has 0 atom stereocenters. The zero-order valence-corrected chi connectivity index (χ0v) is 15.9. The summed E-state index contributed by atoms with van der Waals surface area (Å²) in [6, 6.07) is 7.69. The molecule has 0 N–H and O–H groups in total. The number of sulfone groups is 1. The van der Waals surface area contributed by atoms with E-state index in [4.69, 9.17) is 11.6 Å². The molecule has 1 aromatic carbocycles. The van der Waals surface area contributed by atoms with Crippen LogP contribution in [0.25, 0.3) is 0 Å².